The van der Waals surface area contributed by atoms with Crippen molar-refractivity contribution in [3.8, 4) is 11.6 Å². The third kappa shape index (κ3) is 3.05. The van der Waals surface area contributed by atoms with Gasteiger partial charge in [-0.25, -0.2) is 5.10 Å². The summed E-state index contributed by atoms with van der Waals surface area (Å²) in [6, 6.07) is 4.50. The van der Waals surface area contributed by atoms with E-state index in [2.05, 4.69) is 10.2 Å². The molecule has 0 amide bonds. The molecule has 0 saturated carbocycles. The average molecular weight is 314 g/mol. The molecule has 2 aromatic rings. The molecule has 0 bridgehead atoms. The van der Waals surface area contributed by atoms with Gasteiger partial charge in [-0.2, -0.15) is 0 Å². The van der Waals surface area contributed by atoms with Crippen LogP contribution in [0.15, 0.2) is 23.0 Å². The normalized spacial score (nSPS) is 10.8. The number of nitrogens with one attached hydrogen (secondary N) is 1. The van der Waals surface area contributed by atoms with Gasteiger partial charge >= 0.3 is 0 Å². The van der Waals surface area contributed by atoms with Crippen LogP contribution in [-0.4, -0.2) is 10.2 Å². The van der Waals surface area contributed by atoms with Crippen LogP contribution in [0.5, 0.6) is 11.6 Å². The molecule has 5 nitrogen and oxygen atoms in total. The highest BCUT2D eigenvalue weighted by Gasteiger charge is 2.16. The Hall–Kier alpha value is -1.72. The molecule has 0 saturated heterocycles. The number of anilines is 1. The summed E-state index contributed by atoms with van der Waals surface area (Å²) in [5, 5.41) is 6.77. The lowest BCUT2D eigenvalue weighted by molar-refractivity contribution is 0.444. The second kappa shape index (κ2) is 5.73. The van der Waals surface area contributed by atoms with E-state index in [4.69, 9.17) is 33.7 Å². The summed E-state index contributed by atoms with van der Waals surface area (Å²) in [7, 11) is 0. The number of ether oxygens (including phenoxy) is 1. The Morgan fingerprint density at radius 1 is 1.25 bits per heavy atom. The molecule has 1 aromatic heterocycles. The maximum Gasteiger partial charge on any atom is 0.264 e. The number of nitrogen functional groups attached to an aromatic ring is 1. The van der Waals surface area contributed by atoms with Crippen LogP contribution >= 0.6 is 23.2 Å². The lowest BCUT2D eigenvalue weighted by Gasteiger charge is -2.13. The van der Waals surface area contributed by atoms with Crippen molar-refractivity contribution in [3.05, 3.63) is 44.2 Å². The van der Waals surface area contributed by atoms with Crippen LogP contribution in [0.4, 0.5) is 5.69 Å². The van der Waals surface area contributed by atoms with E-state index < -0.39 is 0 Å². The molecule has 0 unspecified atom stereocenters. The predicted octanol–water partition coefficient (Wildman–Crippen LogP) is 3.57. The molecule has 1 heterocycles. The van der Waals surface area contributed by atoms with Gasteiger partial charge < -0.3 is 10.5 Å². The number of halogens is 2. The number of nitrogens with two attached hydrogens (primary N) is 1. The second-order valence-electron chi connectivity index (χ2n) is 4.56. The van der Waals surface area contributed by atoms with Crippen molar-refractivity contribution in [2.75, 3.05) is 5.73 Å². The molecule has 3 N–H and O–H groups in total. The first-order valence-corrected chi connectivity index (χ1v) is 6.66. The van der Waals surface area contributed by atoms with Crippen LogP contribution in [0.25, 0.3) is 0 Å². The van der Waals surface area contributed by atoms with Crippen LogP contribution in [-0.2, 0) is 0 Å². The zero-order valence-electron chi connectivity index (χ0n) is 10.9. The number of aromatic amines is 1. The van der Waals surface area contributed by atoms with Gasteiger partial charge in [-0.15, -0.1) is 5.10 Å². The SMILES string of the molecule is CC(C)c1cc(=O)[nH]nc1Oc1c(Cl)cc(N)cc1Cl. The monoisotopic (exact) mass is 313 g/mol. The first kappa shape index (κ1) is 14.7. The van der Waals surface area contributed by atoms with Crippen LogP contribution in [0, 0.1) is 0 Å². The molecule has 0 spiro atoms. The molecule has 0 aliphatic carbocycles. The van der Waals surface area contributed by atoms with Gasteiger partial charge in [-0.05, 0) is 18.1 Å². The molecule has 0 aliphatic heterocycles. The van der Waals surface area contributed by atoms with Gasteiger partial charge in [-0.3, -0.25) is 4.79 Å². The Morgan fingerprint density at radius 3 is 2.40 bits per heavy atom. The molecule has 0 aliphatic rings. The number of nitrogens with zero attached hydrogens (tertiary/aromatic N) is 1. The van der Waals surface area contributed by atoms with E-state index in [1.807, 2.05) is 13.8 Å². The second-order valence-corrected chi connectivity index (χ2v) is 5.38. The molecule has 2 rings (SSSR count). The smallest absolute Gasteiger partial charge is 0.264 e. The zero-order chi connectivity index (χ0) is 14.9. The predicted molar refractivity (Wildman–Crippen MR) is 79.9 cm³/mol. The lowest BCUT2D eigenvalue weighted by atomic mass is 10.1. The van der Waals surface area contributed by atoms with E-state index in [1.165, 1.54) is 18.2 Å². The molecular weight excluding hydrogens is 301 g/mol. The average Bonchev–Trinajstić information content (AvgIpc) is 2.34. The standard InChI is InChI=1S/C13H13Cl2N3O2/c1-6(2)8-5-11(19)17-18-13(8)20-12-9(14)3-7(16)4-10(12)15/h3-6H,16H2,1-2H3,(H,17,19). The number of H-pyrrole nitrogens is 1. The van der Waals surface area contributed by atoms with Crippen molar-refractivity contribution < 1.29 is 4.74 Å². The molecule has 0 atom stereocenters. The summed E-state index contributed by atoms with van der Waals surface area (Å²) < 4.78 is 5.64. The van der Waals surface area contributed by atoms with E-state index in [-0.39, 0.29) is 33.2 Å². The molecule has 20 heavy (non-hydrogen) atoms. The fourth-order valence-corrected chi connectivity index (χ4v) is 2.26. The van der Waals surface area contributed by atoms with E-state index in [1.54, 1.807) is 0 Å². The van der Waals surface area contributed by atoms with Gasteiger partial charge in [0.2, 0.25) is 5.88 Å². The first-order chi connectivity index (χ1) is 9.38. The molecule has 1 aromatic carbocycles. The Labute approximate surface area is 125 Å². The van der Waals surface area contributed by atoms with Gasteiger partial charge in [0.25, 0.3) is 5.56 Å². The summed E-state index contributed by atoms with van der Waals surface area (Å²) in [6.45, 7) is 3.85. The topological polar surface area (TPSA) is 81.0 Å². The number of rotatable bonds is 3. The number of hydrogen-bond donors (Lipinski definition) is 2. The van der Waals surface area contributed by atoms with Gasteiger partial charge in [0.15, 0.2) is 5.75 Å². The Kier molecular flexibility index (Phi) is 4.20. The third-order valence-corrected chi connectivity index (χ3v) is 3.20. The Morgan fingerprint density at radius 2 is 1.85 bits per heavy atom. The summed E-state index contributed by atoms with van der Waals surface area (Å²) in [4.78, 5) is 11.3. The Bertz CT molecular complexity index is 675. The number of hydrogen-bond acceptors (Lipinski definition) is 4. The fourth-order valence-electron chi connectivity index (χ4n) is 1.67. The maximum absolute atomic E-state index is 11.3. The van der Waals surface area contributed by atoms with Crippen LogP contribution < -0.4 is 16.0 Å². The van der Waals surface area contributed by atoms with Gasteiger partial charge in [0, 0.05) is 17.3 Å². The lowest BCUT2D eigenvalue weighted by Crippen LogP contribution is -2.11. The largest absolute Gasteiger partial charge is 0.434 e. The van der Waals surface area contributed by atoms with Crippen molar-refractivity contribution in [2.24, 2.45) is 0 Å². The number of aromatic nitrogens is 2. The van der Waals surface area contributed by atoms with Crippen molar-refractivity contribution in [1.82, 2.24) is 10.2 Å². The van der Waals surface area contributed by atoms with Gasteiger partial charge in [0.1, 0.15) is 0 Å². The van der Waals surface area contributed by atoms with Crippen molar-refractivity contribution in [1.29, 1.82) is 0 Å². The van der Waals surface area contributed by atoms with Gasteiger partial charge in [-0.1, -0.05) is 37.0 Å². The molecular formula is C13H13Cl2N3O2. The van der Waals surface area contributed by atoms with Crippen molar-refractivity contribution in [2.45, 2.75) is 19.8 Å². The van der Waals surface area contributed by atoms with Crippen molar-refractivity contribution in [3.63, 3.8) is 0 Å². The summed E-state index contributed by atoms with van der Waals surface area (Å²) in [6.07, 6.45) is 0. The fraction of sp³-hybridized carbons (Fsp3) is 0.231. The molecule has 7 heteroatoms. The minimum Gasteiger partial charge on any atom is -0.434 e. The molecule has 106 valence electrons. The third-order valence-electron chi connectivity index (χ3n) is 2.64. The van der Waals surface area contributed by atoms with Gasteiger partial charge in [0.05, 0.1) is 10.0 Å². The Balaban J connectivity index is 2.48. The minimum atomic E-state index is -0.296. The van der Waals surface area contributed by atoms with Crippen LogP contribution in [0.3, 0.4) is 0 Å². The van der Waals surface area contributed by atoms with E-state index in [9.17, 15) is 4.79 Å². The minimum absolute atomic E-state index is 0.0612. The van der Waals surface area contributed by atoms with Crippen LogP contribution in [0.1, 0.15) is 25.3 Å². The molecule has 0 radical (unpaired) electrons. The van der Waals surface area contributed by atoms with E-state index >= 15 is 0 Å². The summed E-state index contributed by atoms with van der Waals surface area (Å²) in [5.74, 6) is 0.572. The van der Waals surface area contributed by atoms with Crippen molar-refractivity contribution >= 4 is 28.9 Å². The quantitative estimate of drug-likeness (QED) is 0.849. The maximum atomic E-state index is 11.3. The highest BCUT2D eigenvalue weighted by atomic mass is 35.5. The first-order valence-electron chi connectivity index (χ1n) is 5.90. The van der Waals surface area contributed by atoms with E-state index in [0.29, 0.717) is 11.3 Å². The zero-order valence-corrected chi connectivity index (χ0v) is 12.4. The molecule has 0 fully saturated rings. The van der Waals surface area contributed by atoms with Crippen LogP contribution in [0.2, 0.25) is 10.0 Å². The van der Waals surface area contributed by atoms with E-state index in [0.717, 1.165) is 0 Å². The highest BCUT2D eigenvalue weighted by molar-refractivity contribution is 6.37. The summed E-state index contributed by atoms with van der Waals surface area (Å²) >= 11 is 12.1. The number of benzene rings is 1. The highest BCUT2D eigenvalue weighted by Crippen LogP contribution is 2.38. The summed E-state index contributed by atoms with van der Waals surface area (Å²) in [5.41, 5.74) is 6.44.